The van der Waals surface area contributed by atoms with Gasteiger partial charge < -0.3 is 29.0 Å². The number of carbonyl (C=O) groups excluding carboxylic acids is 1. The summed E-state index contributed by atoms with van der Waals surface area (Å²) in [7, 11) is 0. The fraction of sp³-hybridized carbons (Fsp3) is 0.355. The monoisotopic (exact) mass is 607 g/mol. The lowest BCUT2D eigenvalue weighted by Gasteiger charge is -2.22. The van der Waals surface area contributed by atoms with E-state index < -0.39 is 29.9 Å². The van der Waals surface area contributed by atoms with E-state index in [1.807, 2.05) is 0 Å². The lowest BCUT2D eigenvalue weighted by atomic mass is 10.1. The second-order valence-electron chi connectivity index (χ2n) is 9.39. The molecule has 0 aliphatic heterocycles. The molecule has 3 aromatic rings. The Morgan fingerprint density at radius 3 is 2.26 bits per heavy atom. The number of ether oxygens (including phenoxy) is 4. The molecule has 232 valence electrons. The van der Waals surface area contributed by atoms with Crippen molar-refractivity contribution in [3.63, 3.8) is 0 Å². The molecular formula is C31H33F4NO7. The SMILES string of the molecule is CCOC(Cc1ccc(OCCN(CCCOCc2ccc(F)cc2)C(=O)Oc2cccc(C(F)(F)F)c2)cc1)C(=O)O. The minimum Gasteiger partial charge on any atom is -0.492 e. The van der Waals surface area contributed by atoms with Crippen LogP contribution >= 0.6 is 0 Å². The first-order chi connectivity index (χ1) is 20.5. The number of hydrogen-bond donors (Lipinski definition) is 1. The van der Waals surface area contributed by atoms with Crippen molar-refractivity contribution in [2.75, 3.05) is 32.9 Å². The van der Waals surface area contributed by atoms with Gasteiger partial charge in [-0.05, 0) is 66.9 Å². The fourth-order valence-corrected chi connectivity index (χ4v) is 3.95. The van der Waals surface area contributed by atoms with Crippen molar-refractivity contribution in [1.29, 1.82) is 0 Å². The van der Waals surface area contributed by atoms with Crippen LogP contribution in [0.25, 0.3) is 0 Å². The van der Waals surface area contributed by atoms with E-state index in [1.54, 1.807) is 43.3 Å². The molecule has 0 aliphatic carbocycles. The summed E-state index contributed by atoms with van der Waals surface area (Å²) in [6.07, 6.45) is -5.84. The Morgan fingerprint density at radius 2 is 1.60 bits per heavy atom. The summed E-state index contributed by atoms with van der Waals surface area (Å²) in [5, 5.41) is 9.27. The fourth-order valence-electron chi connectivity index (χ4n) is 3.95. The topological polar surface area (TPSA) is 94.5 Å². The molecule has 0 fully saturated rings. The maximum atomic E-state index is 13.1. The predicted molar refractivity (Wildman–Crippen MR) is 148 cm³/mol. The molecule has 0 aliphatic rings. The van der Waals surface area contributed by atoms with Gasteiger partial charge >= 0.3 is 18.2 Å². The number of nitrogens with zero attached hydrogens (tertiary/aromatic N) is 1. The lowest BCUT2D eigenvalue weighted by molar-refractivity contribution is -0.150. The van der Waals surface area contributed by atoms with Crippen molar-refractivity contribution in [2.45, 2.75) is 38.7 Å². The molecule has 12 heteroatoms. The Morgan fingerprint density at radius 1 is 0.907 bits per heavy atom. The quantitative estimate of drug-likeness (QED) is 0.150. The molecule has 43 heavy (non-hydrogen) atoms. The highest BCUT2D eigenvalue weighted by atomic mass is 19.4. The summed E-state index contributed by atoms with van der Waals surface area (Å²) in [6.45, 7) is 2.75. The molecular weight excluding hydrogens is 574 g/mol. The number of alkyl halides is 3. The number of benzene rings is 3. The molecule has 8 nitrogen and oxygen atoms in total. The van der Waals surface area contributed by atoms with Gasteiger partial charge in [0.1, 0.15) is 23.9 Å². The van der Waals surface area contributed by atoms with Gasteiger partial charge in [-0.2, -0.15) is 13.2 Å². The Labute approximate surface area is 246 Å². The molecule has 0 radical (unpaired) electrons. The van der Waals surface area contributed by atoms with Gasteiger partial charge in [-0.25, -0.2) is 14.0 Å². The van der Waals surface area contributed by atoms with Crippen molar-refractivity contribution in [2.24, 2.45) is 0 Å². The average Bonchev–Trinajstić information content (AvgIpc) is 2.97. The average molecular weight is 608 g/mol. The van der Waals surface area contributed by atoms with E-state index in [4.69, 9.17) is 18.9 Å². The van der Waals surface area contributed by atoms with Crippen molar-refractivity contribution in [1.82, 2.24) is 4.90 Å². The van der Waals surface area contributed by atoms with Gasteiger partial charge in [0.05, 0.1) is 18.7 Å². The number of carbonyl (C=O) groups is 2. The number of carboxylic acids is 1. The third-order valence-corrected chi connectivity index (χ3v) is 6.14. The maximum absolute atomic E-state index is 13.1. The Kier molecular flexibility index (Phi) is 12.8. The van der Waals surface area contributed by atoms with Crippen LogP contribution in [0.1, 0.15) is 30.0 Å². The Bertz CT molecular complexity index is 1300. The maximum Gasteiger partial charge on any atom is 0.416 e. The lowest BCUT2D eigenvalue weighted by Crippen LogP contribution is -2.38. The first-order valence-electron chi connectivity index (χ1n) is 13.6. The zero-order valence-corrected chi connectivity index (χ0v) is 23.5. The Balaban J connectivity index is 1.57. The first-order valence-corrected chi connectivity index (χ1v) is 13.6. The molecule has 1 N–H and O–H groups in total. The van der Waals surface area contributed by atoms with E-state index in [-0.39, 0.29) is 57.5 Å². The molecule has 0 spiro atoms. The first kappa shape index (κ1) is 33.3. The molecule has 3 rings (SSSR count). The van der Waals surface area contributed by atoms with Crippen LogP contribution in [0.5, 0.6) is 11.5 Å². The van der Waals surface area contributed by atoms with E-state index >= 15 is 0 Å². The predicted octanol–water partition coefficient (Wildman–Crippen LogP) is 6.36. The van der Waals surface area contributed by atoms with Crippen LogP contribution in [-0.2, 0) is 33.5 Å². The van der Waals surface area contributed by atoms with Gasteiger partial charge in [0, 0.05) is 26.2 Å². The minimum absolute atomic E-state index is 0.0458. The van der Waals surface area contributed by atoms with Crippen LogP contribution in [0, 0.1) is 5.82 Å². The third kappa shape index (κ3) is 11.6. The third-order valence-electron chi connectivity index (χ3n) is 6.14. The van der Waals surface area contributed by atoms with E-state index in [1.165, 1.54) is 23.1 Å². The van der Waals surface area contributed by atoms with Gasteiger partial charge in [0.25, 0.3) is 0 Å². The summed E-state index contributed by atoms with van der Waals surface area (Å²) in [6, 6.07) is 16.6. The number of carboxylic acid groups (broad SMARTS) is 1. The van der Waals surface area contributed by atoms with Crippen molar-refractivity contribution < 1.29 is 51.2 Å². The molecule has 0 bridgehead atoms. The number of halogens is 4. The van der Waals surface area contributed by atoms with Crippen molar-refractivity contribution in [3.8, 4) is 11.5 Å². The standard InChI is InChI=1S/C31H33F4NO7/c1-2-41-28(29(37)38)19-22-9-13-26(14-10-22)42-18-16-36(15-4-17-40-21-23-7-11-25(32)12-8-23)30(39)43-27-6-3-5-24(20-27)31(33,34)35/h3,5-14,20,28H,2,4,15-19,21H2,1H3,(H,37,38). The molecule has 1 amide bonds. The van der Waals surface area contributed by atoms with Gasteiger partial charge in [-0.15, -0.1) is 0 Å². The minimum atomic E-state index is -4.59. The zero-order chi connectivity index (χ0) is 31.2. The highest BCUT2D eigenvalue weighted by molar-refractivity contribution is 5.72. The highest BCUT2D eigenvalue weighted by Crippen LogP contribution is 2.31. The number of rotatable bonds is 16. The van der Waals surface area contributed by atoms with Crippen LogP contribution in [0.3, 0.4) is 0 Å². The number of aliphatic carboxylic acids is 1. The highest BCUT2D eigenvalue weighted by Gasteiger charge is 2.31. The van der Waals surface area contributed by atoms with Crippen LogP contribution in [0.15, 0.2) is 72.8 Å². The summed E-state index contributed by atoms with van der Waals surface area (Å²) in [5.74, 6) is -1.19. The van der Waals surface area contributed by atoms with Crippen LogP contribution in [-0.4, -0.2) is 61.1 Å². The van der Waals surface area contributed by atoms with Crippen molar-refractivity contribution >= 4 is 12.1 Å². The van der Waals surface area contributed by atoms with Crippen molar-refractivity contribution in [3.05, 3.63) is 95.3 Å². The summed E-state index contributed by atoms with van der Waals surface area (Å²) in [4.78, 5) is 25.5. The zero-order valence-electron chi connectivity index (χ0n) is 23.5. The van der Waals surface area contributed by atoms with Crippen LogP contribution in [0.4, 0.5) is 22.4 Å². The van der Waals surface area contributed by atoms with E-state index in [2.05, 4.69) is 0 Å². The molecule has 3 aromatic carbocycles. The molecule has 0 heterocycles. The van der Waals surface area contributed by atoms with Gasteiger partial charge in [-0.1, -0.05) is 30.3 Å². The van der Waals surface area contributed by atoms with E-state index in [9.17, 15) is 32.3 Å². The molecule has 0 saturated heterocycles. The number of hydrogen-bond acceptors (Lipinski definition) is 6. The van der Waals surface area contributed by atoms with Gasteiger partial charge in [0.15, 0.2) is 6.10 Å². The summed E-state index contributed by atoms with van der Waals surface area (Å²) >= 11 is 0. The van der Waals surface area contributed by atoms with Crippen LogP contribution in [0.2, 0.25) is 0 Å². The second-order valence-corrected chi connectivity index (χ2v) is 9.39. The van der Waals surface area contributed by atoms with Gasteiger partial charge in [0.2, 0.25) is 0 Å². The van der Waals surface area contributed by atoms with Crippen LogP contribution < -0.4 is 9.47 Å². The smallest absolute Gasteiger partial charge is 0.416 e. The van der Waals surface area contributed by atoms with E-state index in [0.29, 0.717) is 12.2 Å². The largest absolute Gasteiger partial charge is 0.492 e. The second kappa shape index (κ2) is 16.5. The molecule has 0 aromatic heterocycles. The van der Waals surface area contributed by atoms with Gasteiger partial charge in [-0.3, -0.25) is 0 Å². The Hall–Kier alpha value is -4.16. The van der Waals surface area contributed by atoms with E-state index in [0.717, 1.165) is 29.3 Å². The molecule has 1 unspecified atom stereocenters. The summed E-state index contributed by atoms with van der Waals surface area (Å²) < 4.78 is 74.2. The number of amides is 1. The summed E-state index contributed by atoms with van der Waals surface area (Å²) in [5.41, 5.74) is 0.569. The molecule has 1 atom stereocenters. The normalized spacial score (nSPS) is 12.0. The molecule has 0 saturated carbocycles.